The molecule has 0 bridgehead atoms. The van der Waals surface area contributed by atoms with Crippen LogP contribution in [-0.4, -0.2) is 29.5 Å². The van der Waals surface area contributed by atoms with Crippen LogP contribution in [0.15, 0.2) is 89.7 Å². The summed E-state index contributed by atoms with van der Waals surface area (Å²) in [5, 5.41) is 7.56. The first kappa shape index (κ1) is 25.3. The number of nitrogens with zero attached hydrogens (tertiary/aromatic N) is 1. The van der Waals surface area contributed by atoms with E-state index in [4.69, 9.17) is 9.15 Å². The number of imide groups is 1. The quantitative estimate of drug-likeness (QED) is 0.217. The van der Waals surface area contributed by atoms with Gasteiger partial charge in [-0.3, -0.25) is 14.9 Å². The Balaban J connectivity index is 0.00000294. The zero-order valence-corrected chi connectivity index (χ0v) is 21.5. The van der Waals surface area contributed by atoms with Crippen LogP contribution in [-0.2, 0) is 23.2 Å². The van der Waals surface area contributed by atoms with E-state index in [1.165, 1.54) is 5.56 Å². The van der Waals surface area contributed by atoms with Crippen molar-refractivity contribution in [3.63, 3.8) is 0 Å². The highest BCUT2D eigenvalue weighted by Gasteiger charge is 2.35. The number of amides is 2. The molecule has 3 heterocycles. The molecule has 0 spiro atoms. The topological polar surface area (TPSA) is 85.5 Å². The third-order valence-corrected chi connectivity index (χ3v) is 6.63. The highest BCUT2D eigenvalue weighted by atomic mass is 35.5. The first-order chi connectivity index (χ1) is 18.1. The van der Waals surface area contributed by atoms with Crippen molar-refractivity contribution >= 4 is 57.2 Å². The van der Waals surface area contributed by atoms with E-state index < -0.39 is 11.8 Å². The Bertz CT molecular complexity index is 1680. The summed E-state index contributed by atoms with van der Waals surface area (Å²) >= 11 is 0. The molecule has 192 valence electrons. The smallest absolute Gasteiger partial charge is 0.259 e. The number of furan rings is 1. The van der Waals surface area contributed by atoms with Crippen LogP contribution in [0.2, 0.25) is 0 Å². The maximum Gasteiger partial charge on any atom is 0.259 e. The Labute approximate surface area is 225 Å². The molecule has 0 saturated carbocycles. The minimum Gasteiger partial charge on any atom is -0.492 e. The molecule has 3 aromatic carbocycles. The van der Waals surface area contributed by atoms with E-state index in [1.54, 1.807) is 6.26 Å². The Morgan fingerprint density at radius 2 is 1.71 bits per heavy atom. The number of nitrogens with one attached hydrogen (secondary N) is 2. The third-order valence-electron chi connectivity index (χ3n) is 6.63. The monoisotopic (exact) mass is 527 g/mol. The number of ether oxygens (including phenoxy) is 1. The number of para-hydroxylation sites is 1. The number of hydrogen-bond acceptors (Lipinski definition) is 5. The van der Waals surface area contributed by atoms with Gasteiger partial charge in [-0.1, -0.05) is 48.5 Å². The lowest BCUT2D eigenvalue weighted by Gasteiger charge is -2.09. The van der Waals surface area contributed by atoms with Crippen molar-refractivity contribution in [2.45, 2.75) is 6.54 Å². The molecule has 0 unspecified atom stereocenters. The highest BCUT2D eigenvalue weighted by Crippen LogP contribution is 2.39. The van der Waals surface area contributed by atoms with Crippen molar-refractivity contribution in [2.75, 3.05) is 13.2 Å². The molecule has 38 heavy (non-hydrogen) atoms. The number of benzene rings is 3. The average Bonchev–Trinajstić information content (AvgIpc) is 3.59. The van der Waals surface area contributed by atoms with E-state index in [-0.39, 0.29) is 12.4 Å². The fourth-order valence-corrected chi connectivity index (χ4v) is 4.89. The number of aryl methyl sites for hydroxylation is 1. The summed E-state index contributed by atoms with van der Waals surface area (Å²) < 4.78 is 13.6. The van der Waals surface area contributed by atoms with Gasteiger partial charge in [-0.05, 0) is 29.8 Å². The van der Waals surface area contributed by atoms with Crippen LogP contribution in [0.3, 0.4) is 0 Å². The summed E-state index contributed by atoms with van der Waals surface area (Å²) in [5.74, 6) is -0.160. The number of rotatable bonds is 8. The van der Waals surface area contributed by atoms with Crippen molar-refractivity contribution in [1.29, 1.82) is 0 Å². The van der Waals surface area contributed by atoms with Gasteiger partial charge in [0.25, 0.3) is 11.8 Å². The normalized spacial score (nSPS) is 13.3. The van der Waals surface area contributed by atoms with Gasteiger partial charge in [0, 0.05) is 53.8 Å². The predicted octanol–water partition coefficient (Wildman–Crippen LogP) is 5.08. The predicted molar refractivity (Wildman–Crippen MR) is 150 cm³/mol. The lowest BCUT2D eigenvalue weighted by Crippen LogP contribution is -2.22. The molecule has 6 rings (SSSR count). The lowest BCUT2D eigenvalue weighted by atomic mass is 9.95. The molecule has 1 aliphatic rings. The van der Waals surface area contributed by atoms with Gasteiger partial charge in [-0.15, -0.1) is 12.4 Å². The van der Waals surface area contributed by atoms with Crippen molar-refractivity contribution in [3.05, 3.63) is 102 Å². The Kier molecular flexibility index (Phi) is 7.05. The highest BCUT2D eigenvalue weighted by molar-refractivity contribution is 6.50. The molecular formula is C30H26ClN3O4. The maximum absolute atomic E-state index is 13.1. The molecule has 0 aliphatic carbocycles. The molecular weight excluding hydrogens is 502 g/mol. The van der Waals surface area contributed by atoms with Crippen LogP contribution in [0.25, 0.3) is 33.0 Å². The second-order valence-electron chi connectivity index (χ2n) is 9.02. The van der Waals surface area contributed by atoms with Gasteiger partial charge in [-0.2, -0.15) is 0 Å². The molecule has 1 aliphatic heterocycles. The van der Waals surface area contributed by atoms with E-state index in [0.717, 1.165) is 22.8 Å². The number of fused-ring (bicyclic) bond motifs is 2. The molecule has 2 N–H and O–H groups in total. The van der Waals surface area contributed by atoms with Crippen molar-refractivity contribution in [1.82, 2.24) is 15.2 Å². The molecule has 8 heteroatoms. The molecule has 0 fully saturated rings. The van der Waals surface area contributed by atoms with Crippen LogP contribution in [0, 0.1) is 0 Å². The number of carbonyl (C=O) groups is 2. The van der Waals surface area contributed by atoms with Crippen LogP contribution < -0.4 is 15.4 Å². The van der Waals surface area contributed by atoms with Crippen molar-refractivity contribution in [3.8, 4) is 5.75 Å². The molecule has 2 aromatic heterocycles. The van der Waals surface area contributed by atoms with E-state index in [9.17, 15) is 9.59 Å². The molecule has 2 amide bonds. The second kappa shape index (κ2) is 10.6. The summed E-state index contributed by atoms with van der Waals surface area (Å²) in [5.41, 5.74) is 4.64. The van der Waals surface area contributed by atoms with Crippen LogP contribution in [0.4, 0.5) is 0 Å². The fourth-order valence-electron chi connectivity index (χ4n) is 4.89. The van der Waals surface area contributed by atoms with Crippen LogP contribution >= 0.6 is 12.4 Å². The minimum atomic E-state index is -0.433. The van der Waals surface area contributed by atoms with E-state index in [1.807, 2.05) is 78.5 Å². The van der Waals surface area contributed by atoms with Gasteiger partial charge in [0.2, 0.25) is 0 Å². The zero-order valence-electron chi connectivity index (χ0n) is 20.7. The number of halogens is 1. The summed E-state index contributed by atoms with van der Waals surface area (Å²) in [6.45, 7) is 1.95. The summed E-state index contributed by atoms with van der Waals surface area (Å²) in [6, 6.07) is 23.4. The lowest BCUT2D eigenvalue weighted by molar-refractivity contribution is -0.122. The van der Waals surface area contributed by atoms with Gasteiger partial charge < -0.3 is 19.0 Å². The number of carbonyl (C=O) groups excluding carboxylic acids is 2. The third kappa shape index (κ3) is 4.58. The largest absolute Gasteiger partial charge is 0.492 e. The summed E-state index contributed by atoms with van der Waals surface area (Å²) in [6.07, 6.45) is 3.46. The first-order valence-electron chi connectivity index (χ1n) is 12.1. The SMILES string of the molecule is Cl.Cn1cc(C2=C(c3cccc4ccoc34)C(=O)NC2=O)c2cc(OCCNCc3ccccc3)ccc21. The van der Waals surface area contributed by atoms with Crippen LogP contribution in [0.1, 0.15) is 16.7 Å². The van der Waals surface area contributed by atoms with Gasteiger partial charge in [-0.25, -0.2) is 0 Å². The van der Waals surface area contributed by atoms with E-state index in [0.29, 0.717) is 46.8 Å². The maximum atomic E-state index is 13.1. The van der Waals surface area contributed by atoms with E-state index >= 15 is 0 Å². The summed E-state index contributed by atoms with van der Waals surface area (Å²) in [4.78, 5) is 26.1. The second-order valence-corrected chi connectivity index (χ2v) is 9.02. The molecule has 7 nitrogen and oxygen atoms in total. The zero-order chi connectivity index (χ0) is 25.4. The van der Waals surface area contributed by atoms with Gasteiger partial charge >= 0.3 is 0 Å². The summed E-state index contributed by atoms with van der Waals surface area (Å²) in [7, 11) is 1.92. The molecule has 0 atom stereocenters. The first-order valence-corrected chi connectivity index (χ1v) is 12.1. The molecule has 0 radical (unpaired) electrons. The van der Waals surface area contributed by atoms with Crippen LogP contribution in [0.5, 0.6) is 5.75 Å². The van der Waals surface area contributed by atoms with Crippen molar-refractivity contribution in [2.24, 2.45) is 7.05 Å². The Morgan fingerprint density at radius 3 is 2.53 bits per heavy atom. The number of hydrogen-bond donors (Lipinski definition) is 2. The number of aromatic nitrogens is 1. The standard InChI is InChI=1S/C30H25N3O4.ClH/c1-33-18-24(27-26(29(34)32-30(27)35)22-9-5-8-20-12-14-37-28(20)22)23-16-21(10-11-25(23)33)36-15-13-31-17-19-6-3-2-4-7-19;/h2-12,14,16,18,31H,13,15,17H2,1H3,(H,32,34,35);1H. The van der Waals surface area contributed by atoms with Gasteiger partial charge in [0.15, 0.2) is 0 Å². The molecule has 5 aromatic rings. The van der Waals surface area contributed by atoms with E-state index in [2.05, 4.69) is 22.8 Å². The Hall–Kier alpha value is -4.33. The fraction of sp³-hybridized carbons (Fsp3) is 0.133. The average molecular weight is 528 g/mol. The Morgan fingerprint density at radius 1 is 0.921 bits per heavy atom. The van der Waals surface area contributed by atoms with Crippen molar-refractivity contribution < 1.29 is 18.7 Å². The van der Waals surface area contributed by atoms with Gasteiger partial charge in [0.1, 0.15) is 17.9 Å². The minimum absolute atomic E-state index is 0. The van der Waals surface area contributed by atoms with Gasteiger partial charge in [0.05, 0.1) is 17.4 Å². The molecule has 0 saturated heterocycles.